The van der Waals surface area contributed by atoms with Gasteiger partial charge in [-0.15, -0.1) is 11.6 Å². The van der Waals surface area contributed by atoms with Crippen molar-refractivity contribution in [2.24, 2.45) is 0 Å². The first kappa shape index (κ1) is 15.9. The summed E-state index contributed by atoms with van der Waals surface area (Å²) in [5.41, 5.74) is 0.0617. The normalized spacial score (nSPS) is 24.0. The third-order valence-corrected chi connectivity index (χ3v) is 4.09. The molecule has 0 spiro atoms. The molecule has 7 heteroatoms. The molecule has 0 saturated carbocycles. The molecule has 1 aliphatic heterocycles. The molecule has 0 amide bonds. The number of benzene rings is 1. The molecule has 2 unspecified atom stereocenters. The van der Waals surface area contributed by atoms with Crippen LogP contribution in [-0.2, 0) is 10.9 Å². The van der Waals surface area contributed by atoms with E-state index in [0.29, 0.717) is 23.4 Å². The molecule has 0 radical (unpaired) electrons. The zero-order chi connectivity index (χ0) is 14.9. The van der Waals surface area contributed by atoms with E-state index in [2.05, 4.69) is 15.9 Å². The summed E-state index contributed by atoms with van der Waals surface area (Å²) in [4.78, 5) is 1.99. The molecule has 0 N–H and O–H groups in total. The van der Waals surface area contributed by atoms with Gasteiger partial charge >= 0.3 is 6.18 Å². The molecular formula is C13H14BrClF3NO. The van der Waals surface area contributed by atoms with E-state index >= 15 is 0 Å². The van der Waals surface area contributed by atoms with Crippen LogP contribution in [0.1, 0.15) is 12.5 Å². The van der Waals surface area contributed by atoms with Gasteiger partial charge in [-0.05, 0) is 41.1 Å². The largest absolute Gasteiger partial charge is 0.416 e. The highest BCUT2D eigenvalue weighted by molar-refractivity contribution is 9.10. The Morgan fingerprint density at radius 2 is 2.10 bits per heavy atom. The summed E-state index contributed by atoms with van der Waals surface area (Å²) in [5.74, 6) is 0.360. The quantitative estimate of drug-likeness (QED) is 0.718. The molecule has 1 saturated heterocycles. The van der Waals surface area contributed by atoms with Crippen LogP contribution < -0.4 is 4.90 Å². The van der Waals surface area contributed by atoms with Crippen molar-refractivity contribution >= 4 is 33.2 Å². The molecule has 0 aromatic heterocycles. The molecule has 112 valence electrons. The predicted molar refractivity (Wildman–Crippen MR) is 76.4 cm³/mol. The minimum Gasteiger partial charge on any atom is -0.370 e. The van der Waals surface area contributed by atoms with E-state index in [9.17, 15) is 13.2 Å². The van der Waals surface area contributed by atoms with Crippen LogP contribution in [0.4, 0.5) is 18.9 Å². The average Bonchev–Trinajstić information content (AvgIpc) is 2.36. The Bertz CT molecular complexity index is 483. The van der Waals surface area contributed by atoms with Crippen LogP contribution in [0, 0.1) is 0 Å². The fourth-order valence-corrected chi connectivity index (χ4v) is 3.07. The maximum Gasteiger partial charge on any atom is 0.416 e. The van der Waals surface area contributed by atoms with Crippen molar-refractivity contribution < 1.29 is 17.9 Å². The molecule has 0 aliphatic carbocycles. The summed E-state index contributed by atoms with van der Waals surface area (Å²) in [6, 6.07) is 3.68. The second kappa shape index (κ2) is 6.12. The van der Waals surface area contributed by atoms with Crippen molar-refractivity contribution in [3.8, 4) is 0 Å². The number of rotatable bonds is 2. The van der Waals surface area contributed by atoms with Crippen molar-refractivity contribution in [1.29, 1.82) is 0 Å². The summed E-state index contributed by atoms with van der Waals surface area (Å²) in [5, 5.41) is 0. The van der Waals surface area contributed by atoms with Crippen molar-refractivity contribution in [1.82, 2.24) is 0 Å². The van der Waals surface area contributed by atoms with Gasteiger partial charge in [0.25, 0.3) is 0 Å². The Balaban J connectivity index is 2.24. The monoisotopic (exact) mass is 371 g/mol. The van der Waals surface area contributed by atoms with Gasteiger partial charge in [-0.3, -0.25) is 0 Å². The zero-order valence-corrected chi connectivity index (χ0v) is 13.1. The summed E-state index contributed by atoms with van der Waals surface area (Å²) in [7, 11) is 0. The number of alkyl halides is 4. The first-order chi connectivity index (χ1) is 9.31. The molecule has 2 atom stereocenters. The van der Waals surface area contributed by atoms with E-state index in [1.807, 2.05) is 11.8 Å². The molecule has 1 heterocycles. The Morgan fingerprint density at radius 3 is 2.65 bits per heavy atom. The third-order valence-electron chi connectivity index (χ3n) is 3.11. The predicted octanol–water partition coefficient (Wildman–Crippen LogP) is 4.30. The van der Waals surface area contributed by atoms with Crippen LogP contribution >= 0.6 is 27.5 Å². The maximum atomic E-state index is 12.6. The number of hydrogen-bond donors (Lipinski definition) is 0. The lowest BCUT2D eigenvalue weighted by Gasteiger charge is -2.38. The number of hydrogen-bond acceptors (Lipinski definition) is 2. The standard InChI is InChI=1S/C13H14BrClF3NO/c1-8-6-19(7-10(5-15)20-8)12-3-2-9(4-11(12)14)13(16,17)18/h2-4,8,10H,5-7H2,1H3. The molecule has 2 nitrogen and oxygen atoms in total. The van der Waals surface area contributed by atoms with Crippen LogP contribution in [0.3, 0.4) is 0 Å². The van der Waals surface area contributed by atoms with Crippen molar-refractivity contribution in [3.63, 3.8) is 0 Å². The van der Waals surface area contributed by atoms with Gasteiger partial charge in [0.2, 0.25) is 0 Å². The molecule has 1 aromatic carbocycles. The first-order valence-corrected chi connectivity index (χ1v) is 7.47. The molecule has 1 aromatic rings. The van der Waals surface area contributed by atoms with Gasteiger partial charge in [-0.2, -0.15) is 13.2 Å². The SMILES string of the molecule is CC1CN(c2ccc(C(F)(F)F)cc2Br)CC(CCl)O1. The van der Waals surface area contributed by atoms with Gasteiger partial charge in [0, 0.05) is 17.6 Å². The van der Waals surface area contributed by atoms with Gasteiger partial charge < -0.3 is 9.64 Å². The summed E-state index contributed by atoms with van der Waals surface area (Å²) >= 11 is 9.03. The number of halogens is 5. The lowest BCUT2D eigenvalue weighted by molar-refractivity contribution is -0.137. The molecule has 1 fully saturated rings. The minimum absolute atomic E-state index is 0.0123. The Labute approximate surface area is 129 Å². The smallest absolute Gasteiger partial charge is 0.370 e. The fraction of sp³-hybridized carbons (Fsp3) is 0.538. The van der Waals surface area contributed by atoms with E-state index in [-0.39, 0.29) is 12.2 Å². The topological polar surface area (TPSA) is 12.5 Å². The number of nitrogens with zero attached hydrogens (tertiary/aromatic N) is 1. The van der Waals surface area contributed by atoms with Crippen LogP contribution in [-0.4, -0.2) is 31.2 Å². The van der Waals surface area contributed by atoms with Gasteiger partial charge in [0.15, 0.2) is 0 Å². The second-order valence-corrected chi connectivity index (χ2v) is 5.95. The highest BCUT2D eigenvalue weighted by Crippen LogP contribution is 2.36. The lowest BCUT2D eigenvalue weighted by atomic mass is 10.1. The minimum atomic E-state index is -4.34. The Hall–Kier alpha value is -0.460. The van der Waals surface area contributed by atoms with Gasteiger partial charge in [0.05, 0.1) is 29.3 Å². The van der Waals surface area contributed by atoms with Crippen LogP contribution in [0.5, 0.6) is 0 Å². The molecule has 2 rings (SSSR count). The van der Waals surface area contributed by atoms with E-state index in [4.69, 9.17) is 16.3 Å². The highest BCUT2D eigenvalue weighted by atomic mass is 79.9. The van der Waals surface area contributed by atoms with Crippen LogP contribution in [0.15, 0.2) is 22.7 Å². The fourth-order valence-electron chi connectivity index (χ4n) is 2.27. The third kappa shape index (κ3) is 3.59. The van der Waals surface area contributed by atoms with E-state index in [0.717, 1.165) is 17.8 Å². The average molecular weight is 373 g/mol. The number of ether oxygens (including phenoxy) is 1. The van der Waals surface area contributed by atoms with Crippen LogP contribution in [0.25, 0.3) is 0 Å². The summed E-state index contributed by atoms with van der Waals surface area (Å²) < 4.78 is 44.0. The summed E-state index contributed by atoms with van der Waals surface area (Å²) in [6.45, 7) is 3.11. The molecular weight excluding hydrogens is 359 g/mol. The van der Waals surface area contributed by atoms with Crippen LogP contribution in [0.2, 0.25) is 0 Å². The van der Waals surface area contributed by atoms with Crippen molar-refractivity contribution in [2.45, 2.75) is 25.3 Å². The number of anilines is 1. The summed E-state index contributed by atoms with van der Waals surface area (Å²) in [6.07, 6.45) is -4.46. The van der Waals surface area contributed by atoms with Crippen molar-refractivity contribution in [2.75, 3.05) is 23.9 Å². The highest BCUT2D eigenvalue weighted by Gasteiger charge is 2.32. The first-order valence-electron chi connectivity index (χ1n) is 6.14. The Kier molecular flexibility index (Phi) is 4.87. The van der Waals surface area contributed by atoms with E-state index < -0.39 is 11.7 Å². The Morgan fingerprint density at radius 1 is 1.40 bits per heavy atom. The number of morpholine rings is 1. The van der Waals surface area contributed by atoms with Crippen molar-refractivity contribution in [3.05, 3.63) is 28.2 Å². The molecule has 20 heavy (non-hydrogen) atoms. The lowest BCUT2D eigenvalue weighted by Crippen LogP contribution is -2.47. The molecule has 0 bridgehead atoms. The maximum absolute atomic E-state index is 12.6. The second-order valence-electron chi connectivity index (χ2n) is 4.79. The molecule has 1 aliphatic rings. The van der Waals surface area contributed by atoms with Gasteiger partial charge in [-0.1, -0.05) is 0 Å². The van der Waals surface area contributed by atoms with Gasteiger partial charge in [-0.25, -0.2) is 0 Å². The van der Waals surface area contributed by atoms with E-state index in [1.54, 1.807) is 0 Å². The zero-order valence-electron chi connectivity index (χ0n) is 10.8. The van der Waals surface area contributed by atoms with E-state index in [1.165, 1.54) is 6.07 Å². The van der Waals surface area contributed by atoms with Gasteiger partial charge in [0.1, 0.15) is 0 Å².